The second kappa shape index (κ2) is 10.3. The molecule has 2 aliphatic rings. The van der Waals surface area contributed by atoms with Crippen LogP contribution in [0.4, 0.5) is 0 Å². The fourth-order valence-electron chi connectivity index (χ4n) is 4.95. The lowest BCUT2D eigenvalue weighted by Gasteiger charge is -2.28. The molecule has 2 nitrogen and oxygen atoms in total. The fraction of sp³-hybridized carbons (Fsp3) is 0.826. The van der Waals surface area contributed by atoms with Crippen molar-refractivity contribution in [2.75, 3.05) is 0 Å². The second-order valence-electron chi connectivity index (χ2n) is 8.63. The van der Waals surface area contributed by atoms with Gasteiger partial charge < -0.3 is 0 Å². The van der Waals surface area contributed by atoms with Crippen LogP contribution >= 0.6 is 0 Å². The zero-order chi connectivity index (χ0) is 17.3. The van der Waals surface area contributed by atoms with Gasteiger partial charge in [0.05, 0.1) is 0 Å². The zero-order valence-electron chi connectivity index (χ0n) is 16.4. The molecule has 2 aliphatic carbocycles. The minimum absolute atomic E-state index is 0.631. The third-order valence-corrected chi connectivity index (χ3v) is 6.70. The van der Waals surface area contributed by atoms with Crippen molar-refractivity contribution in [3.8, 4) is 0 Å². The van der Waals surface area contributed by atoms with Crippen LogP contribution in [-0.2, 0) is 0 Å². The molecule has 0 amide bonds. The van der Waals surface area contributed by atoms with E-state index in [1.54, 1.807) is 0 Å². The summed E-state index contributed by atoms with van der Waals surface area (Å²) in [6.07, 6.45) is 25.2. The third kappa shape index (κ3) is 5.79. The molecule has 0 bridgehead atoms. The summed E-state index contributed by atoms with van der Waals surface area (Å²) in [6.45, 7) is 2.30. The van der Waals surface area contributed by atoms with Crippen LogP contribution in [0.1, 0.15) is 126 Å². The molecule has 1 aromatic heterocycles. The molecule has 3 rings (SSSR count). The van der Waals surface area contributed by atoms with Gasteiger partial charge in [-0.1, -0.05) is 64.7 Å². The Hall–Kier alpha value is -0.920. The van der Waals surface area contributed by atoms with Crippen molar-refractivity contribution >= 4 is 0 Å². The van der Waals surface area contributed by atoms with Crippen molar-refractivity contribution in [2.45, 2.75) is 115 Å². The van der Waals surface area contributed by atoms with Crippen LogP contribution in [0.25, 0.3) is 0 Å². The molecule has 0 saturated heterocycles. The zero-order valence-corrected chi connectivity index (χ0v) is 16.4. The molecule has 0 aliphatic heterocycles. The van der Waals surface area contributed by atoms with Crippen molar-refractivity contribution in [3.63, 3.8) is 0 Å². The lowest BCUT2D eigenvalue weighted by molar-refractivity contribution is 0.301. The lowest BCUT2D eigenvalue weighted by Crippen LogP contribution is -2.15. The van der Waals surface area contributed by atoms with Crippen molar-refractivity contribution in [1.82, 2.24) is 9.97 Å². The fourth-order valence-corrected chi connectivity index (χ4v) is 4.95. The summed E-state index contributed by atoms with van der Waals surface area (Å²) in [7, 11) is 0. The molecule has 0 N–H and O–H groups in total. The Kier molecular flexibility index (Phi) is 7.76. The van der Waals surface area contributed by atoms with E-state index >= 15 is 0 Å². The van der Waals surface area contributed by atoms with E-state index < -0.39 is 0 Å². The van der Waals surface area contributed by atoms with E-state index in [0.29, 0.717) is 5.92 Å². The monoisotopic (exact) mass is 342 g/mol. The van der Waals surface area contributed by atoms with Gasteiger partial charge in [-0.05, 0) is 55.9 Å². The molecule has 2 saturated carbocycles. The van der Waals surface area contributed by atoms with E-state index in [0.717, 1.165) is 17.7 Å². The smallest absolute Gasteiger partial charge is 0.131 e. The molecular weight excluding hydrogens is 304 g/mol. The summed E-state index contributed by atoms with van der Waals surface area (Å²) in [5.41, 5.74) is 1.40. The van der Waals surface area contributed by atoms with Gasteiger partial charge in [0.1, 0.15) is 5.82 Å². The first-order valence-corrected chi connectivity index (χ1v) is 11.2. The van der Waals surface area contributed by atoms with Crippen LogP contribution in [0, 0.1) is 5.92 Å². The molecule has 140 valence electrons. The minimum Gasteiger partial charge on any atom is -0.241 e. The van der Waals surface area contributed by atoms with Gasteiger partial charge >= 0.3 is 0 Å². The number of nitrogens with zero attached hydrogens (tertiary/aromatic N) is 2. The van der Waals surface area contributed by atoms with Crippen LogP contribution in [0.15, 0.2) is 12.4 Å². The lowest BCUT2D eigenvalue weighted by atomic mass is 9.77. The predicted octanol–water partition coefficient (Wildman–Crippen LogP) is 7.16. The summed E-state index contributed by atoms with van der Waals surface area (Å²) >= 11 is 0. The maximum Gasteiger partial charge on any atom is 0.131 e. The topological polar surface area (TPSA) is 25.8 Å². The highest BCUT2D eigenvalue weighted by molar-refractivity contribution is 5.14. The summed E-state index contributed by atoms with van der Waals surface area (Å²) in [5.74, 6) is 3.45. The molecular formula is C23H38N2. The van der Waals surface area contributed by atoms with Crippen molar-refractivity contribution in [1.29, 1.82) is 0 Å². The Morgan fingerprint density at radius 2 is 1.44 bits per heavy atom. The summed E-state index contributed by atoms with van der Waals surface area (Å²) in [4.78, 5) is 9.53. The van der Waals surface area contributed by atoms with E-state index in [2.05, 4.69) is 19.3 Å². The van der Waals surface area contributed by atoms with Gasteiger partial charge in [-0.2, -0.15) is 0 Å². The first kappa shape index (κ1) is 18.9. The van der Waals surface area contributed by atoms with Gasteiger partial charge in [0, 0.05) is 18.3 Å². The Labute approximate surface area is 155 Å². The number of hydrogen-bond donors (Lipinski definition) is 0. The normalized spacial score (nSPS) is 25.2. The highest BCUT2D eigenvalue weighted by Gasteiger charge is 2.23. The van der Waals surface area contributed by atoms with E-state index in [4.69, 9.17) is 9.97 Å². The number of hydrogen-bond acceptors (Lipinski definition) is 2. The molecule has 2 heteroatoms. The molecule has 1 heterocycles. The minimum atomic E-state index is 0.631. The Bertz CT molecular complexity index is 467. The van der Waals surface area contributed by atoms with Crippen LogP contribution in [0.5, 0.6) is 0 Å². The van der Waals surface area contributed by atoms with Crippen molar-refractivity contribution in [3.05, 3.63) is 23.8 Å². The predicted molar refractivity (Wildman–Crippen MR) is 106 cm³/mol. The van der Waals surface area contributed by atoms with Gasteiger partial charge in [0.2, 0.25) is 0 Å². The van der Waals surface area contributed by atoms with E-state index in [-0.39, 0.29) is 0 Å². The summed E-state index contributed by atoms with van der Waals surface area (Å²) < 4.78 is 0. The standard InChI is InChI=1S/C23H38N2/c1-2-3-4-5-7-10-19-13-15-20(16-14-19)22-17-24-23(25-18-22)21-11-8-6-9-12-21/h17-21H,2-16H2,1H3. The third-order valence-electron chi connectivity index (χ3n) is 6.70. The summed E-state index contributed by atoms with van der Waals surface area (Å²) in [6, 6.07) is 0. The molecule has 1 aromatic rings. The Balaban J connectivity index is 1.40. The molecule has 0 atom stereocenters. The Morgan fingerprint density at radius 1 is 0.760 bits per heavy atom. The van der Waals surface area contributed by atoms with Gasteiger partial charge in [-0.3, -0.25) is 0 Å². The number of rotatable bonds is 8. The highest BCUT2D eigenvalue weighted by atomic mass is 14.9. The molecule has 0 aromatic carbocycles. The molecule has 0 unspecified atom stereocenters. The van der Waals surface area contributed by atoms with Gasteiger partial charge in [-0.15, -0.1) is 0 Å². The molecule has 0 spiro atoms. The molecule has 25 heavy (non-hydrogen) atoms. The SMILES string of the molecule is CCCCCCCC1CCC(c2cnc(C3CCCCC3)nc2)CC1. The van der Waals surface area contributed by atoms with Gasteiger partial charge in [-0.25, -0.2) is 9.97 Å². The van der Waals surface area contributed by atoms with Crippen molar-refractivity contribution < 1.29 is 0 Å². The van der Waals surface area contributed by atoms with Gasteiger partial charge in [0.15, 0.2) is 0 Å². The molecule has 0 radical (unpaired) electrons. The molecule has 2 fully saturated rings. The second-order valence-corrected chi connectivity index (χ2v) is 8.63. The van der Waals surface area contributed by atoms with Crippen LogP contribution in [-0.4, -0.2) is 9.97 Å². The summed E-state index contributed by atoms with van der Waals surface area (Å²) in [5, 5.41) is 0. The van der Waals surface area contributed by atoms with Crippen LogP contribution < -0.4 is 0 Å². The van der Waals surface area contributed by atoms with Crippen LogP contribution in [0.2, 0.25) is 0 Å². The van der Waals surface area contributed by atoms with Gasteiger partial charge in [0.25, 0.3) is 0 Å². The van der Waals surface area contributed by atoms with Crippen molar-refractivity contribution in [2.24, 2.45) is 5.92 Å². The van der Waals surface area contributed by atoms with E-state index in [1.807, 2.05) is 0 Å². The number of aromatic nitrogens is 2. The average molecular weight is 343 g/mol. The van der Waals surface area contributed by atoms with E-state index in [1.165, 1.54) is 102 Å². The largest absolute Gasteiger partial charge is 0.241 e. The first-order valence-electron chi connectivity index (χ1n) is 11.2. The van der Waals surface area contributed by atoms with E-state index in [9.17, 15) is 0 Å². The first-order chi connectivity index (χ1) is 12.4. The highest BCUT2D eigenvalue weighted by Crippen LogP contribution is 2.38. The average Bonchev–Trinajstić information content (AvgIpc) is 2.69. The number of unbranched alkanes of at least 4 members (excludes halogenated alkanes) is 4. The quantitative estimate of drug-likeness (QED) is 0.468. The maximum atomic E-state index is 4.76. The Morgan fingerprint density at radius 3 is 2.12 bits per heavy atom. The van der Waals surface area contributed by atoms with Crippen LogP contribution in [0.3, 0.4) is 0 Å². The maximum absolute atomic E-state index is 4.76.